The van der Waals surface area contributed by atoms with Crippen LogP contribution in [0.3, 0.4) is 0 Å². The van der Waals surface area contributed by atoms with Gasteiger partial charge in [-0.1, -0.05) is 193 Å². The number of carbonyl (C=O) groups excluding carboxylic acids is 2. The van der Waals surface area contributed by atoms with Crippen LogP contribution in [0.1, 0.15) is 174 Å². The molecule has 2 atom stereocenters. The highest BCUT2D eigenvalue weighted by Crippen LogP contribution is 2.43. The minimum atomic E-state index is -4.39. The Labute approximate surface area is 409 Å². The second kappa shape index (κ2) is 47.5. The maximum atomic E-state index is 12.7. The van der Waals surface area contributed by atoms with E-state index in [4.69, 9.17) is 18.5 Å². The maximum absolute atomic E-state index is 12.7. The predicted molar refractivity (Wildman–Crippen MR) is 284 cm³/mol. The Morgan fingerprint density at radius 2 is 0.851 bits per heavy atom. The molecule has 0 radical (unpaired) electrons. The fourth-order valence-electron chi connectivity index (χ4n) is 6.28. The zero-order valence-corrected chi connectivity index (χ0v) is 43.7. The molecule has 0 amide bonds. The molecule has 0 spiro atoms. The van der Waals surface area contributed by atoms with E-state index >= 15 is 0 Å². The Kier molecular flexibility index (Phi) is 44.9. The monoisotopic (exact) mass is 953 g/mol. The molecular weight excluding hydrogens is 858 g/mol. The largest absolute Gasteiger partial charge is 0.472 e. The highest BCUT2D eigenvalue weighted by Gasteiger charge is 2.27. The predicted octanol–water partition coefficient (Wildman–Crippen LogP) is 15.6. The highest BCUT2D eigenvalue weighted by atomic mass is 31.2. The number of phosphoric acid groups is 1. The number of carbonyl (C=O) groups is 2. The molecule has 380 valence electrons. The van der Waals surface area contributed by atoms with Gasteiger partial charge in [0.1, 0.15) is 19.8 Å². The second-order valence-corrected chi connectivity index (χ2v) is 19.3. The van der Waals surface area contributed by atoms with E-state index in [1.54, 1.807) is 0 Å². The Bertz CT molecular complexity index is 1540. The molecule has 0 heterocycles. The summed E-state index contributed by atoms with van der Waals surface area (Å²) in [6.07, 6.45) is 67.1. The van der Waals surface area contributed by atoms with E-state index in [1.807, 2.05) is 21.1 Å². The first-order chi connectivity index (χ1) is 32.5. The molecule has 0 aromatic heterocycles. The van der Waals surface area contributed by atoms with Gasteiger partial charge in [0.25, 0.3) is 0 Å². The highest BCUT2D eigenvalue weighted by molar-refractivity contribution is 7.47. The van der Waals surface area contributed by atoms with Gasteiger partial charge in [0.15, 0.2) is 6.10 Å². The fraction of sp³-hybridized carbons (Fsp3) is 0.614. The number of nitrogens with zero attached hydrogens (tertiary/aromatic N) is 1. The molecule has 1 N–H and O–H groups in total. The molecule has 2 unspecified atom stereocenters. The Balaban J connectivity index is 4.19. The summed E-state index contributed by atoms with van der Waals surface area (Å²) in [5.74, 6) is -0.843. The van der Waals surface area contributed by atoms with Gasteiger partial charge in [0.05, 0.1) is 27.7 Å². The molecule has 10 heteroatoms. The van der Waals surface area contributed by atoms with E-state index < -0.39 is 26.5 Å². The van der Waals surface area contributed by atoms with Crippen LogP contribution in [0.15, 0.2) is 122 Å². The number of hydrogen-bond acceptors (Lipinski definition) is 7. The molecule has 9 nitrogen and oxygen atoms in total. The Morgan fingerprint density at radius 3 is 1.27 bits per heavy atom. The third kappa shape index (κ3) is 51.6. The summed E-state index contributed by atoms with van der Waals surface area (Å²) in [5, 5.41) is 0. The second-order valence-electron chi connectivity index (χ2n) is 17.8. The van der Waals surface area contributed by atoms with E-state index in [9.17, 15) is 19.0 Å². The van der Waals surface area contributed by atoms with Crippen LogP contribution in [0, 0.1) is 0 Å². The van der Waals surface area contributed by atoms with Crippen LogP contribution in [-0.2, 0) is 32.7 Å². The summed E-state index contributed by atoms with van der Waals surface area (Å²) >= 11 is 0. The average Bonchev–Trinajstić information content (AvgIpc) is 3.29. The summed E-state index contributed by atoms with van der Waals surface area (Å²) in [6, 6.07) is 0. The summed E-state index contributed by atoms with van der Waals surface area (Å²) in [5.41, 5.74) is 0. The number of phosphoric ester groups is 1. The van der Waals surface area contributed by atoms with Crippen LogP contribution in [0.2, 0.25) is 0 Å². The lowest BCUT2D eigenvalue weighted by molar-refractivity contribution is -0.870. The number of unbranched alkanes of at least 4 members (excludes halogenated alkanes) is 11. The quantitative estimate of drug-likeness (QED) is 0.0211. The van der Waals surface area contributed by atoms with Crippen LogP contribution in [0.25, 0.3) is 0 Å². The molecule has 0 aliphatic heterocycles. The zero-order valence-electron chi connectivity index (χ0n) is 42.8. The lowest BCUT2D eigenvalue weighted by atomic mass is 10.1. The van der Waals surface area contributed by atoms with Crippen LogP contribution in [-0.4, -0.2) is 74.9 Å². The minimum absolute atomic E-state index is 0.0206. The summed E-state index contributed by atoms with van der Waals surface area (Å²) in [7, 11) is 1.44. The van der Waals surface area contributed by atoms with Crippen molar-refractivity contribution in [3.63, 3.8) is 0 Å². The molecule has 0 aromatic carbocycles. The van der Waals surface area contributed by atoms with Gasteiger partial charge in [0.2, 0.25) is 0 Å². The van der Waals surface area contributed by atoms with Crippen molar-refractivity contribution in [3.05, 3.63) is 122 Å². The first kappa shape index (κ1) is 63.4. The number of ether oxygens (including phenoxy) is 2. The maximum Gasteiger partial charge on any atom is 0.472 e. The number of likely N-dealkylation sites (N-methyl/N-ethyl adjacent to an activating group) is 1. The molecule has 0 aromatic rings. The molecule has 0 aliphatic carbocycles. The lowest BCUT2D eigenvalue weighted by Crippen LogP contribution is -2.37. The van der Waals surface area contributed by atoms with Crippen molar-refractivity contribution < 1.29 is 42.1 Å². The van der Waals surface area contributed by atoms with Crippen molar-refractivity contribution in [2.45, 2.75) is 180 Å². The van der Waals surface area contributed by atoms with Gasteiger partial charge >= 0.3 is 19.8 Å². The van der Waals surface area contributed by atoms with Crippen LogP contribution < -0.4 is 0 Å². The Morgan fingerprint density at radius 1 is 0.478 bits per heavy atom. The van der Waals surface area contributed by atoms with Crippen molar-refractivity contribution in [1.29, 1.82) is 0 Å². The number of quaternary nitrogens is 1. The SMILES string of the molecule is CC/C=C\C/C=C\C/C=C\C/C=C\C/C=C\C/C=C\C/C=C\C/C=C\C/C=C\C/C=C\CCCCCCC(=O)OC(COC(=O)CCCCCCCCCC)COP(=O)(O)OCC[N+](C)(C)C. The third-order valence-electron chi connectivity index (χ3n) is 10.3. The third-order valence-corrected chi connectivity index (χ3v) is 11.2. The van der Waals surface area contributed by atoms with Crippen molar-refractivity contribution in [3.8, 4) is 0 Å². The number of rotatable bonds is 45. The van der Waals surface area contributed by atoms with E-state index in [2.05, 4.69) is 135 Å². The van der Waals surface area contributed by atoms with Crippen molar-refractivity contribution in [2.75, 3.05) is 47.5 Å². The first-order valence-electron chi connectivity index (χ1n) is 25.8. The van der Waals surface area contributed by atoms with Gasteiger partial charge in [-0.3, -0.25) is 18.6 Å². The molecule has 0 bridgehead atoms. The van der Waals surface area contributed by atoms with Crippen LogP contribution in [0.5, 0.6) is 0 Å². The smallest absolute Gasteiger partial charge is 0.462 e. The Hall–Kier alpha value is -3.59. The van der Waals surface area contributed by atoms with Gasteiger partial charge in [-0.2, -0.15) is 0 Å². The first-order valence-corrected chi connectivity index (χ1v) is 27.3. The van der Waals surface area contributed by atoms with Gasteiger partial charge < -0.3 is 18.9 Å². The fourth-order valence-corrected chi connectivity index (χ4v) is 7.02. The molecule has 0 saturated heterocycles. The molecule has 0 saturated carbocycles. The molecule has 0 rings (SSSR count). The van der Waals surface area contributed by atoms with E-state index in [-0.39, 0.29) is 32.0 Å². The standard InChI is InChI=1S/C57H94NO8P/c1-6-8-10-12-14-16-17-18-19-20-21-22-23-24-25-26-27-28-29-30-31-32-33-34-35-36-37-38-39-40-41-42-44-46-48-50-57(60)66-55(54-65-67(61,62)64-52-51-58(3,4)5)53-63-56(59)49-47-45-43-15-13-11-9-7-2/h8,10,14,16,18-19,21-22,24-25,27-28,30-31,33-34,36-37,39-40,55H,6-7,9,11-13,15,17,20,23,26,29,32,35,38,41-54H2,1-5H3/p+1/b10-8-,16-14-,19-18-,22-21-,25-24-,28-27-,31-30-,34-33-,37-36-,40-39-. The number of allylic oxidation sites excluding steroid dienone is 20. The van der Waals surface area contributed by atoms with Gasteiger partial charge in [-0.05, 0) is 89.9 Å². The van der Waals surface area contributed by atoms with Crippen molar-refractivity contribution in [1.82, 2.24) is 0 Å². The normalized spacial score (nSPS) is 14.4. The van der Waals surface area contributed by atoms with Crippen LogP contribution in [0.4, 0.5) is 0 Å². The summed E-state index contributed by atoms with van der Waals surface area (Å²) < 4.78 is 34.2. The van der Waals surface area contributed by atoms with Crippen LogP contribution >= 0.6 is 7.82 Å². The molecule has 0 aliphatic rings. The molecule has 0 fully saturated rings. The van der Waals surface area contributed by atoms with E-state index in [0.717, 1.165) is 109 Å². The van der Waals surface area contributed by atoms with Crippen molar-refractivity contribution >= 4 is 19.8 Å². The lowest BCUT2D eigenvalue weighted by Gasteiger charge is -2.24. The van der Waals surface area contributed by atoms with Gasteiger partial charge in [-0.25, -0.2) is 4.57 Å². The minimum Gasteiger partial charge on any atom is -0.462 e. The van der Waals surface area contributed by atoms with E-state index in [0.29, 0.717) is 17.4 Å². The van der Waals surface area contributed by atoms with Gasteiger partial charge in [-0.15, -0.1) is 0 Å². The summed E-state index contributed by atoms with van der Waals surface area (Å²) in [6.45, 7) is 4.21. The molecule has 67 heavy (non-hydrogen) atoms. The number of esters is 2. The zero-order chi connectivity index (χ0) is 49.2. The molecular formula is C57H95NO8P+. The van der Waals surface area contributed by atoms with Gasteiger partial charge in [0, 0.05) is 12.8 Å². The van der Waals surface area contributed by atoms with Crippen molar-refractivity contribution in [2.24, 2.45) is 0 Å². The number of hydrogen-bond donors (Lipinski definition) is 1. The average molecular weight is 953 g/mol. The van der Waals surface area contributed by atoms with E-state index in [1.165, 1.54) is 32.1 Å². The summed E-state index contributed by atoms with van der Waals surface area (Å²) in [4.78, 5) is 35.3. The topological polar surface area (TPSA) is 108 Å².